The second-order valence-electron chi connectivity index (χ2n) is 5.62. The molecule has 1 heterocycles. The maximum absolute atomic E-state index is 12.5. The van der Waals surface area contributed by atoms with Gasteiger partial charge >= 0.3 is 0 Å². The van der Waals surface area contributed by atoms with Crippen molar-refractivity contribution < 1.29 is 18.3 Å². The first-order valence-electron chi connectivity index (χ1n) is 7.80. The molecule has 1 aliphatic rings. The molecule has 1 aromatic rings. The predicted octanol–water partition coefficient (Wildman–Crippen LogP) is 2.83. The van der Waals surface area contributed by atoms with Gasteiger partial charge < -0.3 is 10.1 Å². The fourth-order valence-electron chi connectivity index (χ4n) is 2.66. The Kier molecular flexibility index (Phi) is 6.30. The van der Waals surface area contributed by atoms with Crippen LogP contribution in [-0.4, -0.2) is 34.9 Å². The molecule has 0 atom stereocenters. The van der Waals surface area contributed by atoms with Crippen LogP contribution >= 0.6 is 0 Å². The smallest absolute Gasteiger partial charge is 0.282 e. The number of aryl methyl sites for hydroxylation is 1. The number of nitrogens with one attached hydrogen (secondary N) is 1. The number of nitrogens with zero attached hydrogens (tertiary/aromatic N) is 2. The number of rotatable bonds is 7. The van der Waals surface area contributed by atoms with E-state index in [1.807, 2.05) is 0 Å². The Bertz CT molecular complexity index is 485. The van der Waals surface area contributed by atoms with Gasteiger partial charge in [0.05, 0.1) is 6.10 Å². The Morgan fingerprint density at radius 3 is 2.82 bits per heavy atom. The number of aromatic nitrogens is 2. The van der Waals surface area contributed by atoms with Crippen LogP contribution in [0.3, 0.4) is 0 Å². The van der Waals surface area contributed by atoms with Crippen molar-refractivity contribution in [3.05, 3.63) is 17.5 Å². The first kappa shape index (κ1) is 16.9. The summed E-state index contributed by atoms with van der Waals surface area (Å²) in [6.07, 6.45) is 4.40. The zero-order chi connectivity index (χ0) is 15.9. The second-order valence-corrected chi connectivity index (χ2v) is 5.62. The minimum atomic E-state index is -2.67. The van der Waals surface area contributed by atoms with Crippen molar-refractivity contribution in [1.82, 2.24) is 15.1 Å². The van der Waals surface area contributed by atoms with E-state index in [1.54, 1.807) is 0 Å². The van der Waals surface area contributed by atoms with E-state index >= 15 is 0 Å². The molecule has 0 aromatic carbocycles. The summed E-state index contributed by atoms with van der Waals surface area (Å²) >= 11 is 0. The molecule has 1 aliphatic carbocycles. The lowest BCUT2D eigenvalue weighted by Gasteiger charge is -2.21. The van der Waals surface area contributed by atoms with Gasteiger partial charge in [0.1, 0.15) is 11.4 Å². The fourth-order valence-corrected chi connectivity index (χ4v) is 2.66. The molecule has 124 valence electrons. The summed E-state index contributed by atoms with van der Waals surface area (Å²) in [5.74, 6) is -0.389. The largest absolute Gasteiger partial charge is 0.378 e. The monoisotopic (exact) mass is 315 g/mol. The Hall–Kier alpha value is -1.50. The van der Waals surface area contributed by atoms with E-state index in [2.05, 4.69) is 10.4 Å². The highest BCUT2D eigenvalue weighted by atomic mass is 19.3. The normalized spacial score (nSPS) is 16.2. The van der Waals surface area contributed by atoms with Crippen molar-refractivity contribution in [3.8, 4) is 0 Å². The van der Waals surface area contributed by atoms with E-state index < -0.39 is 6.43 Å². The van der Waals surface area contributed by atoms with Gasteiger partial charge in [-0.05, 0) is 25.3 Å². The third-order valence-corrected chi connectivity index (χ3v) is 3.87. The summed E-state index contributed by atoms with van der Waals surface area (Å²) in [7, 11) is 1.48. The molecule has 1 aromatic heterocycles. The molecule has 2 rings (SSSR count). The van der Waals surface area contributed by atoms with E-state index in [-0.39, 0.29) is 17.3 Å². The molecule has 1 saturated carbocycles. The quantitative estimate of drug-likeness (QED) is 0.787. The maximum Gasteiger partial charge on any atom is 0.282 e. The Balaban J connectivity index is 1.67. The van der Waals surface area contributed by atoms with Gasteiger partial charge in [0.15, 0.2) is 0 Å². The molecule has 1 fully saturated rings. The van der Waals surface area contributed by atoms with Gasteiger partial charge in [-0.3, -0.25) is 9.48 Å². The minimum absolute atomic E-state index is 0.142. The van der Waals surface area contributed by atoms with E-state index in [4.69, 9.17) is 4.74 Å². The third kappa shape index (κ3) is 4.76. The standard InChI is InChI=1S/C15H23F2N3O2/c1-20-13(10-12(19-20)14(16)17)15(21)18-8-5-9-22-11-6-3-2-4-7-11/h10-11,14H,2-9H2,1H3,(H,18,21). The highest BCUT2D eigenvalue weighted by molar-refractivity contribution is 5.92. The second kappa shape index (κ2) is 8.22. The molecule has 0 aliphatic heterocycles. The van der Waals surface area contributed by atoms with Crippen LogP contribution in [0.2, 0.25) is 0 Å². The molecule has 7 heteroatoms. The third-order valence-electron chi connectivity index (χ3n) is 3.87. The molecule has 1 amide bonds. The molecule has 5 nitrogen and oxygen atoms in total. The molecule has 1 N–H and O–H groups in total. The Morgan fingerprint density at radius 1 is 1.45 bits per heavy atom. The Morgan fingerprint density at radius 2 is 2.18 bits per heavy atom. The first-order chi connectivity index (χ1) is 10.6. The maximum atomic E-state index is 12.5. The highest BCUT2D eigenvalue weighted by Gasteiger charge is 2.18. The summed E-state index contributed by atoms with van der Waals surface area (Å²) in [6, 6.07) is 1.12. The molecule has 0 saturated heterocycles. The van der Waals surface area contributed by atoms with Crippen molar-refractivity contribution in [3.63, 3.8) is 0 Å². The van der Waals surface area contributed by atoms with Crippen LogP contribution in [-0.2, 0) is 11.8 Å². The number of ether oxygens (including phenoxy) is 1. The lowest BCUT2D eigenvalue weighted by atomic mass is 9.98. The van der Waals surface area contributed by atoms with Crippen molar-refractivity contribution >= 4 is 5.91 Å². The fraction of sp³-hybridized carbons (Fsp3) is 0.733. The van der Waals surface area contributed by atoms with E-state index in [0.29, 0.717) is 25.7 Å². The van der Waals surface area contributed by atoms with Crippen LogP contribution in [0.15, 0.2) is 6.07 Å². The van der Waals surface area contributed by atoms with Gasteiger partial charge in [-0.2, -0.15) is 5.10 Å². The molecule has 22 heavy (non-hydrogen) atoms. The average molecular weight is 315 g/mol. The summed E-state index contributed by atoms with van der Waals surface area (Å²) in [4.78, 5) is 11.9. The SMILES string of the molecule is Cn1nc(C(F)F)cc1C(=O)NCCCOC1CCCCC1. The Labute approximate surface area is 129 Å². The zero-order valence-corrected chi connectivity index (χ0v) is 12.9. The molecule has 0 spiro atoms. The summed E-state index contributed by atoms with van der Waals surface area (Å²) in [5, 5.41) is 6.32. The van der Waals surface area contributed by atoms with Crippen molar-refractivity contribution in [2.75, 3.05) is 13.2 Å². The zero-order valence-electron chi connectivity index (χ0n) is 12.9. The van der Waals surface area contributed by atoms with Crippen LogP contribution in [0.25, 0.3) is 0 Å². The number of hydrogen-bond donors (Lipinski definition) is 1. The number of carbonyl (C=O) groups is 1. The number of alkyl halides is 2. The van der Waals surface area contributed by atoms with Crippen molar-refractivity contribution in [1.29, 1.82) is 0 Å². The number of halogens is 2. The molecule has 0 radical (unpaired) electrons. The first-order valence-corrected chi connectivity index (χ1v) is 7.80. The molecule has 0 bridgehead atoms. The lowest BCUT2D eigenvalue weighted by molar-refractivity contribution is 0.0273. The van der Waals surface area contributed by atoms with Gasteiger partial charge in [0.2, 0.25) is 0 Å². The highest BCUT2D eigenvalue weighted by Crippen LogP contribution is 2.20. The summed E-state index contributed by atoms with van der Waals surface area (Å²) < 4.78 is 32.0. The van der Waals surface area contributed by atoms with Crippen LogP contribution < -0.4 is 5.32 Å². The number of hydrogen-bond acceptors (Lipinski definition) is 3. The van der Waals surface area contributed by atoms with Gasteiger partial charge in [-0.15, -0.1) is 0 Å². The predicted molar refractivity (Wildman–Crippen MR) is 77.9 cm³/mol. The molecule has 0 unspecified atom stereocenters. The minimum Gasteiger partial charge on any atom is -0.378 e. The van der Waals surface area contributed by atoms with Crippen LogP contribution in [0, 0.1) is 0 Å². The van der Waals surface area contributed by atoms with Crippen molar-refractivity contribution in [2.45, 2.75) is 51.1 Å². The number of amides is 1. The van der Waals surface area contributed by atoms with Gasteiger partial charge in [0.25, 0.3) is 12.3 Å². The topological polar surface area (TPSA) is 56.2 Å². The number of carbonyl (C=O) groups excluding carboxylic acids is 1. The van der Waals surface area contributed by atoms with Gasteiger partial charge in [0, 0.05) is 20.2 Å². The van der Waals surface area contributed by atoms with Crippen molar-refractivity contribution in [2.24, 2.45) is 7.05 Å². The molecular weight excluding hydrogens is 292 g/mol. The van der Waals surface area contributed by atoms with E-state index in [0.717, 1.165) is 18.9 Å². The molecular formula is C15H23F2N3O2. The van der Waals surface area contributed by atoms with Crippen LogP contribution in [0.5, 0.6) is 0 Å². The van der Waals surface area contributed by atoms with E-state index in [9.17, 15) is 13.6 Å². The van der Waals surface area contributed by atoms with E-state index in [1.165, 1.54) is 31.0 Å². The van der Waals surface area contributed by atoms with Gasteiger partial charge in [-0.25, -0.2) is 8.78 Å². The van der Waals surface area contributed by atoms with Crippen LogP contribution in [0.4, 0.5) is 8.78 Å². The summed E-state index contributed by atoms with van der Waals surface area (Å²) in [5.41, 5.74) is -0.239. The summed E-state index contributed by atoms with van der Waals surface area (Å²) in [6.45, 7) is 1.07. The van der Waals surface area contributed by atoms with Crippen LogP contribution in [0.1, 0.15) is 61.1 Å². The lowest BCUT2D eigenvalue weighted by Crippen LogP contribution is -2.27. The van der Waals surface area contributed by atoms with Gasteiger partial charge in [-0.1, -0.05) is 19.3 Å². The average Bonchev–Trinajstić information content (AvgIpc) is 2.90.